The topological polar surface area (TPSA) is 34.9 Å². The third-order valence-corrected chi connectivity index (χ3v) is 7.09. The van der Waals surface area contributed by atoms with Gasteiger partial charge in [-0.1, -0.05) is 48.0 Å². The molecule has 0 saturated carbocycles. The summed E-state index contributed by atoms with van der Waals surface area (Å²) in [5.41, 5.74) is 8.60. The zero-order valence-corrected chi connectivity index (χ0v) is 19.8. The van der Waals surface area contributed by atoms with Crippen molar-refractivity contribution < 1.29 is 9.28 Å². The first-order chi connectivity index (χ1) is 15.9. The van der Waals surface area contributed by atoms with Gasteiger partial charge in [-0.2, -0.15) is 0 Å². The minimum absolute atomic E-state index is 0.230. The lowest BCUT2D eigenvalue weighted by Crippen LogP contribution is -2.50. The van der Waals surface area contributed by atoms with Crippen LogP contribution < -0.4 is 0 Å². The van der Waals surface area contributed by atoms with Crippen molar-refractivity contribution in [1.82, 2.24) is 9.55 Å². The number of fused-ring (bicyclic) bond motifs is 3. The van der Waals surface area contributed by atoms with Gasteiger partial charge in [0, 0.05) is 52.6 Å². The van der Waals surface area contributed by atoms with Crippen molar-refractivity contribution in [3.63, 3.8) is 0 Å². The number of aryl methyl sites for hydroxylation is 4. The predicted molar refractivity (Wildman–Crippen MR) is 133 cm³/mol. The number of nitrogens with zero attached hydrogens (tertiary/aromatic N) is 3. The van der Waals surface area contributed by atoms with Crippen LogP contribution in [0.15, 0.2) is 66.9 Å². The highest BCUT2D eigenvalue weighted by atomic mass is 16.1. The van der Waals surface area contributed by atoms with Crippen molar-refractivity contribution in [2.45, 2.75) is 39.8 Å². The molecule has 0 radical (unpaired) electrons. The zero-order valence-electron chi connectivity index (χ0n) is 19.8. The average Bonchev–Trinajstić information content (AvgIpc) is 3.10. The zero-order chi connectivity index (χ0) is 23.0. The molecular weight excluding hydrogens is 406 g/mol. The van der Waals surface area contributed by atoms with Crippen LogP contribution >= 0.6 is 0 Å². The Balaban J connectivity index is 1.45. The van der Waals surface area contributed by atoms with E-state index in [1.165, 1.54) is 33.3 Å². The average molecular weight is 439 g/mol. The number of hydrogen-bond acceptors (Lipinski definition) is 2. The van der Waals surface area contributed by atoms with E-state index in [9.17, 15) is 4.79 Å². The Morgan fingerprint density at radius 2 is 1.88 bits per heavy atom. The first-order valence-corrected chi connectivity index (χ1v) is 11.9. The summed E-state index contributed by atoms with van der Waals surface area (Å²) in [6.45, 7) is 7.56. The third kappa shape index (κ3) is 4.36. The molecule has 168 valence electrons. The maximum atomic E-state index is 13.0. The maximum absolute atomic E-state index is 13.0. The van der Waals surface area contributed by atoms with Gasteiger partial charge in [-0.3, -0.25) is 9.78 Å². The molecule has 1 aliphatic heterocycles. The molecule has 1 atom stereocenters. The predicted octanol–water partition coefficient (Wildman–Crippen LogP) is 5.28. The number of benzene rings is 2. The number of aromatic nitrogens is 2. The second-order valence-electron chi connectivity index (χ2n) is 9.85. The molecule has 3 heterocycles. The second kappa shape index (κ2) is 8.60. The number of quaternary nitrogens is 1. The highest BCUT2D eigenvalue weighted by Gasteiger charge is 2.34. The van der Waals surface area contributed by atoms with Crippen LogP contribution in [0.5, 0.6) is 0 Å². The molecule has 1 aliphatic rings. The van der Waals surface area contributed by atoms with Crippen molar-refractivity contribution in [2.75, 3.05) is 20.1 Å². The number of hydrogen-bond donors (Lipinski definition) is 0. The molecule has 4 nitrogen and oxygen atoms in total. The fourth-order valence-electron chi connectivity index (χ4n) is 5.23. The van der Waals surface area contributed by atoms with Gasteiger partial charge in [-0.25, -0.2) is 0 Å². The van der Waals surface area contributed by atoms with Gasteiger partial charge >= 0.3 is 0 Å². The SMILES string of the molecule is Cc1ccc2c(c1)c1c(n2CCc2ccc(C)nc2)CC[N+](C)(CC(=O)c2ccccc2)C1. The molecule has 0 spiro atoms. The van der Waals surface area contributed by atoms with Crippen molar-refractivity contribution in [3.05, 3.63) is 101 Å². The fraction of sp³-hybridized carbons (Fsp3) is 0.310. The lowest BCUT2D eigenvalue weighted by atomic mass is 10.00. The minimum atomic E-state index is 0.230. The van der Waals surface area contributed by atoms with Gasteiger partial charge in [0.1, 0.15) is 13.1 Å². The summed E-state index contributed by atoms with van der Waals surface area (Å²) < 4.78 is 3.28. The molecule has 0 saturated heterocycles. The molecule has 33 heavy (non-hydrogen) atoms. The van der Waals surface area contributed by atoms with Gasteiger partial charge in [0.05, 0.1) is 13.6 Å². The Morgan fingerprint density at radius 3 is 2.64 bits per heavy atom. The maximum Gasteiger partial charge on any atom is 0.216 e. The molecule has 4 aromatic rings. The number of pyridine rings is 1. The highest BCUT2D eigenvalue weighted by Crippen LogP contribution is 2.34. The molecule has 2 aromatic carbocycles. The van der Waals surface area contributed by atoms with Crippen LogP contribution in [0.2, 0.25) is 0 Å². The van der Waals surface area contributed by atoms with E-state index in [1.807, 2.05) is 43.5 Å². The molecule has 0 aliphatic carbocycles. The summed E-state index contributed by atoms with van der Waals surface area (Å²) >= 11 is 0. The summed E-state index contributed by atoms with van der Waals surface area (Å²) in [6, 6.07) is 20.8. The molecule has 5 rings (SSSR count). The number of rotatable bonds is 6. The third-order valence-electron chi connectivity index (χ3n) is 7.09. The van der Waals surface area contributed by atoms with Crippen LogP contribution in [0.4, 0.5) is 0 Å². The van der Waals surface area contributed by atoms with Gasteiger partial charge in [-0.15, -0.1) is 0 Å². The van der Waals surface area contributed by atoms with Crippen molar-refractivity contribution in [3.8, 4) is 0 Å². The van der Waals surface area contributed by atoms with E-state index >= 15 is 0 Å². The van der Waals surface area contributed by atoms with Crippen LogP contribution in [0.1, 0.15) is 38.4 Å². The smallest absolute Gasteiger partial charge is 0.216 e. The molecule has 1 unspecified atom stereocenters. The number of carbonyl (C=O) groups is 1. The van der Waals surface area contributed by atoms with Gasteiger partial charge in [0.25, 0.3) is 0 Å². The molecule has 0 bridgehead atoms. The first-order valence-electron chi connectivity index (χ1n) is 11.9. The Morgan fingerprint density at radius 1 is 1.06 bits per heavy atom. The van der Waals surface area contributed by atoms with Gasteiger partial charge in [-0.05, 0) is 44.0 Å². The van der Waals surface area contributed by atoms with Gasteiger partial charge in [0.15, 0.2) is 0 Å². The standard InChI is InChI=1S/C29H32N3O/c1-21-9-12-27-25(17-21)26-19-32(3,20-29(33)24-7-5-4-6-8-24)16-14-28(26)31(27)15-13-23-11-10-22(2)30-18-23/h4-12,17-18H,13-16,19-20H2,1-3H3/q+1. The van der Waals surface area contributed by atoms with E-state index in [4.69, 9.17) is 0 Å². The molecule has 2 aromatic heterocycles. The van der Waals surface area contributed by atoms with E-state index < -0.39 is 0 Å². The molecule has 0 fully saturated rings. The normalized spacial score (nSPS) is 17.8. The van der Waals surface area contributed by atoms with Gasteiger partial charge < -0.3 is 9.05 Å². The molecular formula is C29H32N3O+. The molecule has 4 heteroatoms. The largest absolute Gasteiger partial charge is 0.344 e. The Labute approximate surface area is 196 Å². The lowest BCUT2D eigenvalue weighted by Gasteiger charge is -2.37. The summed E-state index contributed by atoms with van der Waals surface area (Å²) in [6.07, 6.45) is 3.96. The van der Waals surface area contributed by atoms with E-state index in [2.05, 4.69) is 53.9 Å². The Bertz CT molecular complexity index is 1300. The van der Waals surface area contributed by atoms with E-state index in [1.54, 1.807) is 0 Å². The highest BCUT2D eigenvalue weighted by molar-refractivity contribution is 5.97. The van der Waals surface area contributed by atoms with Crippen molar-refractivity contribution in [2.24, 2.45) is 0 Å². The molecule has 0 N–H and O–H groups in total. The Kier molecular flexibility index (Phi) is 5.63. The van der Waals surface area contributed by atoms with Crippen LogP contribution in [-0.2, 0) is 25.9 Å². The Hall–Kier alpha value is -3.24. The van der Waals surface area contributed by atoms with Crippen LogP contribution in [0, 0.1) is 13.8 Å². The lowest BCUT2D eigenvalue weighted by molar-refractivity contribution is -0.916. The van der Waals surface area contributed by atoms with Crippen LogP contribution in [0.3, 0.4) is 0 Å². The number of Topliss-reactive ketones (excluding diaryl/α,β-unsaturated/α-hetero) is 1. The van der Waals surface area contributed by atoms with E-state index in [0.717, 1.165) is 48.2 Å². The van der Waals surface area contributed by atoms with Crippen molar-refractivity contribution in [1.29, 1.82) is 0 Å². The summed E-state index contributed by atoms with van der Waals surface area (Å²) in [5.74, 6) is 0.230. The van der Waals surface area contributed by atoms with Gasteiger partial charge in [0.2, 0.25) is 5.78 Å². The first kappa shape index (κ1) is 21.6. The quantitative estimate of drug-likeness (QED) is 0.303. The summed E-state index contributed by atoms with van der Waals surface area (Å²) in [4.78, 5) is 17.5. The number of carbonyl (C=O) groups excluding carboxylic acids is 1. The fourth-order valence-corrected chi connectivity index (χ4v) is 5.23. The van der Waals surface area contributed by atoms with Crippen LogP contribution in [-0.4, -0.2) is 40.0 Å². The minimum Gasteiger partial charge on any atom is -0.344 e. The number of ketones is 1. The monoisotopic (exact) mass is 438 g/mol. The van der Waals surface area contributed by atoms with Crippen molar-refractivity contribution >= 4 is 16.7 Å². The van der Waals surface area contributed by atoms with Crippen LogP contribution in [0.25, 0.3) is 10.9 Å². The van der Waals surface area contributed by atoms with E-state index in [0.29, 0.717) is 6.54 Å². The molecule has 0 amide bonds. The summed E-state index contributed by atoms with van der Waals surface area (Å²) in [5, 5.41) is 1.35. The van der Waals surface area contributed by atoms with E-state index in [-0.39, 0.29) is 5.78 Å². The number of likely N-dealkylation sites (N-methyl/N-ethyl adjacent to an activating group) is 1. The summed E-state index contributed by atoms with van der Waals surface area (Å²) in [7, 11) is 2.24. The second-order valence-corrected chi connectivity index (χ2v) is 9.85.